The van der Waals surface area contributed by atoms with Crippen LogP contribution in [0.3, 0.4) is 0 Å². The molecule has 1 saturated heterocycles. The summed E-state index contributed by atoms with van der Waals surface area (Å²) in [6.07, 6.45) is 16.2. The van der Waals surface area contributed by atoms with Crippen molar-refractivity contribution in [2.24, 2.45) is 0 Å². The number of phosphoric acid groups is 1. The van der Waals surface area contributed by atoms with E-state index in [0.717, 1.165) is 26.1 Å². The van der Waals surface area contributed by atoms with Gasteiger partial charge in [0.05, 0.1) is 13.2 Å². The van der Waals surface area contributed by atoms with Crippen molar-refractivity contribution in [2.75, 3.05) is 13.2 Å². The fourth-order valence-corrected chi connectivity index (χ4v) is 2.21. The SMILES string of the molecule is C1CCCCCCCOOCCCCCC1.O=P([O-])([O-])[O-].[Na+].[Na+].[Na+]. The van der Waals surface area contributed by atoms with E-state index in [0.29, 0.717) is 0 Å². The first kappa shape index (κ1) is 34.5. The fourth-order valence-electron chi connectivity index (χ4n) is 2.21. The molecule has 128 valence electrons. The summed E-state index contributed by atoms with van der Waals surface area (Å²) < 4.78 is 8.55. The Labute approximate surface area is 213 Å². The predicted octanol–water partition coefficient (Wildman–Crippen LogP) is -7.18. The molecule has 0 aromatic rings. The van der Waals surface area contributed by atoms with E-state index in [-0.39, 0.29) is 88.7 Å². The van der Waals surface area contributed by atoms with Crippen LogP contribution in [-0.2, 0) is 14.3 Å². The average Bonchev–Trinajstić information content (AvgIpc) is 2.37. The van der Waals surface area contributed by atoms with E-state index in [4.69, 9.17) is 29.0 Å². The van der Waals surface area contributed by atoms with Gasteiger partial charge in [0.2, 0.25) is 0 Å². The molecule has 0 spiro atoms. The Morgan fingerprint density at radius 1 is 0.500 bits per heavy atom. The molecule has 0 atom stereocenters. The van der Waals surface area contributed by atoms with Crippen LogP contribution in [-0.4, -0.2) is 13.2 Å². The summed E-state index contributed by atoms with van der Waals surface area (Å²) >= 11 is 0. The van der Waals surface area contributed by atoms with Crippen molar-refractivity contribution in [1.82, 2.24) is 0 Å². The van der Waals surface area contributed by atoms with Gasteiger partial charge in [-0.15, -0.1) is 0 Å². The van der Waals surface area contributed by atoms with Crippen molar-refractivity contribution in [2.45, 2.75) is 77.0 Å². The zero-order chi connectivity index (χ0) is 15.8. The van der Waals surface area contributed by atoms with Crippen LogP contribution in [0.2, 0.25) is 0 Å². The molecule has 0 aromatic heterocycles. The molecule has 24 heavy (non-hydrogen) atoms. The number of hydrogen-bond donors (Lipinski definition) is 0. The topological polar surface area (TPSA) is 105 Å². The minimum Gasteiger partial charge on any atom is -0.822 e. The largest absolute Gasteiger partial charge is 1.00 e. The van der Waals surface area contributed by atoms with Crippen LogP contribution in [0.5, 0.6) is 0 Å². The second-order valence-electron chi connectivity index (χ2n) is 5.33. The molecule has 1 aliphatic heterocycles. The van der Waals surface area contributed by atoms with Crippen LogP contribution in [0, 0.1) is 0 Å². The Hall–Kier alpha value is 3.03. The molecule has 1 rings (SSSR count). The zero-order valence-electron chi connectivity index (χ0n) is 15.8. The Morgan fingerprint density at radius 2 is 0.667 bits per heavy atom. The van der Waals surface area contributed by atoms with Crippen LogP contribution >= 0.6 is 7.82 Å². The van der Waals surface area contributed by atoms with E-state index >= 15 is 0 Å². The molecule has 1 fully saturated rings. The van der Waals surface area contributed by atoms with E-state index < -0.39 is 7.82 Å². The smallest absolute Gasteiger partial charge is 0.822 e. The molecule has 0 aliphatic carbocycles. The normalized spacial score (nSPS) is 18.5. The Bertz CT molecular complexity index is 197. The molecular formula is C14H28Na3O6P. The quantitative estimate of drug-likeness (QED) is 0.231. The van der Waals surface area contributed by atoms with Gasteiger partial charge < -0.3 is 19.2 Å². The molecule has 0 bridgehead atoms. The van der Waals surface area contributed by atoms with Gasteiger partial charge in [0.25, 0.3) is 0 Å². The van der Waals surface area contributed by atoms with Crippen molar-refractivity contribution in [3.8, 4) is 0 Å². The minimum absolute atomic E-state index is 0. The first-order chi connectivity index (χ1) is 10.0. The van der Waals surface area contributed by atoms with Gasteiger partial charge in [-0.3, -0.25) is 0 Å². The van der Waals surface area contributed by atoms with Gasteiger partial charge in [-0.2, -0.15) is 7.82 Å². The van der Waals surface area contributed by atoms with Gasteiger partial charge in [-0.25, -0.2) is 9.78 Å². The standard InChI is InChI=1S/C14H28O2.3Na.H3O4P/c1-2-4-6-8-10-12-14-16-15-13-11-9-7-5-3-1;;;;1-5(2,3)4/h1-14H2;;;;(H3,1,2,3,4)/q;3*+1;/p-3. The van der Waals surface area contributed by atoms with E-state index in [1.165, 1.54) is 64.2 Å². The molecule has 0 radical (unpaired) electrons. The molecule has 6 nitrogen and oxygen atoms in total. The molecule has 10 heteroatoms. The maximum Gasteiger partial charge on any atom is 1.00 e. The first-order valence-electron chi connectivity index (χ1n) is 7.97. The summed E-state index contributed by atoms with van der Waals surface area (Å²) in [6.45, 7) is 1.56. The third kappa shape index (κ3) is 39.9. The molecule has 0 unspecified atom stereocenters. The molecule has 0 aromatic carbocycles. The van der Waals surface area contributed by atoms with Crippen molar-refractivity contribution in [3.05, 3.63) is 0 Å². The van der Waals surface area contributed by atoms with Crippen molar-refractivity contribution >= 4 is 7.82 Å². The van der Waals surface area contributed by atoms with Crippen LogP contribution in [0.15, 0.2) is 0 Å². The average molecular weight is 392 g/mol. The van der Waals surface area contributed by atoms with Crippen molar-refractivity contribution in [3.63, 3.8) is 0 Å². The van der Waals surface area contributed by atoms with E-state index in [2.05, 4.69) is 0 Å². The summed E-state index contributed by atoms with van der Waals surface area (Å²) in [5.74, 6) is 0. The monoisotopic (exact) mass is 392 g/mol. The number of hydrogen-bond acceptors (Lipinski definition) is 6. The molecule has 0 N–H and O–H groups in total. The van der Waals surface area contributed by atoms with Gasteiger partial charge in [0, 0.05) is 0 Å². The van der Waals surface area contributed by atoms with Crippen molar-refractivity contribution < 1.29 is 118 Å². The number of rotatable bonds is 0. The minimum atomic E-state index is -5.39. The molecule has 1 heterocycles. The van der Waals surface area contributed by atoms with Crippen LogP contribution in [0.25, 0.3) is 0 Å². The maximum absolute atomic E-state index is 8.55. The van der Waals surface area contributed by atoms with Gasteiger partial charge in [-0.05, 0) is 12.8 Å². The zero-order valence-corrected chi connectivity index (χ0v) is 22.7. The summed E-state index contributed by atoms with van der Waals surface area (Å²) in [5, 5.41) is 0. The molecule has 1 aliphatic rings. The third-order valence-corrected chi connectivity index (χ3v) is 3.29. The molecule has 0 amide bonds. The first-order valence-corrected chi connectivity index (χ1v) is 9.43. The Balaban J connectivity index is -0.000000221. The fraction of sp³-hybridized carbons (Fsp3) is 1.00. The van der Waals surface area contributed by atoms with Gasteiger partial charge in [0.15, 0.2) is 0 Å². The third-order valence-electron chi connectivity index (χ3n) is 3.29. The maximum atomic E-state index is 8.55. The molecular weight excluding hydrogens is 364 g/mol. The Morgan fingerprint density at radius 3 is 0.875 bits per heavy atom. The summed E-state index contributed by atoms with van der Waals surface area (Å²) in [5.41, 5.74) is 0. The second-order valence-corrected chi connectivity index (χ2v) is 6.23. The van der Waals surface area contributed by atoms with Crippen LogP contribution in [0.1, 0.15) is 77.0 Å². The summed E-state index contributed by atoms with van der Waals surface area (Å²) in [4.78, 5) is 35.9. The van der Waals surface area contributed by atoms with Crippen LogP contribution < -0.4 is 103 Å². The summed E-state index contributed by atoms with van der Waals surface area (Å²) in [6, 6.07) is 0. The van der Waals surface area contributed by atoms with Gasteiger partial charge in [-0.1, -0.05) is 64.2 Å². The van der Waals surface area contributed by atoms with Crippen LogP contribution in [0.4, 0.5) is 0 Å². The Kier molecular flexibility index (Phi) is 37.5. The second kappa shape index (κ2) is 26.0. The van der Waals surface area contributed by atoms with E-state index in [1.807, 2.05) is 0 Å². The van der Waals surface area contributed by atoms with Crippen molar-refractivity contribution in [1.29, 1.82) is 0 Å². The summed E-state index contributed by atoms with van der Waals surface area (Å²) in [7, 11) is -5.39. The van der Waals surface area contributed by atoms with Gasteiger partial charge >= 0.3 is 88.7 Å². The molecule has 0 saturated carbocycles. The van der Waals surface area contributed by atoms with Gasteiger partial charge in [0.1, 0.15) is 0 Å². The van der Waals surface area contributed by atoms with E-state index in [1.54, 1.807) is 0 Å². The van der Waals surface area contributed by atoms with E-state index in [9.17, 15) is 0 Å². The predicted molar refractivity (Wildman–Crippen MR) is 74.9 cm³/mol.